The Kier molecular flexibility index (Phi) is 2.59. The summed E-state index contributed by atoms with van der Waals surface area (Å²) in [6.07, 6.45) is 3.81. The van der Waals surface area contributed by atoms with Crippen molar-refractivity contribution in [2.75, 3.05) is 11.1 Å². The van der Waals surface area contributed by atoms with E-state index < -0.39 is 0 Å². The summed E-state index contributed by atoms with van der Waals surface area (Å²) in [5.74, 6) is 1.96. The minimum absolute atomic E-state index is 0.247. The topological polar surface area (TPSA) is 81.7 Å². The summed E-state index contributed by atoms with van der Waals surface area (Å²) in [7, 11) is 1.88. The smallest absolute Gasteiger partial charge is 0.159 e. The predicted molar refractivity (Wildman–Crippen MR) is 69.9 cm³/mol. The molecular weight excluding hydrogens is 252 g/mol. The molecule has 6 nitrogen and oxygen atoms in total. The minimum Gasteiger partial charge on any atom is -0.393 e. The van der Waals surface area contributed by atoms with Gasteiger partial charge in [-0.1, -0.05) is 11.6 Å². The van der Waals surface area contributed by atoms with E-state index in [1.807, 2.05) is 13.1 Å². The Hall–Kier alpha value is -1.82. The zero-order valence-electron chi connectivity index (χ0n) is 9.89. The van der Waals surface area contributed by atoms with E-state index in [-0.39, 0.29) is 5.15 Å². The quantitative estimate of drug-likeness (QED) is 0.830. The second kappa shape index (κ2) is 4.13. The summed E-state index contributed by atoms with van der Waals surface area (Å²) in [4.78, 5) is 7.89. The average Bonchev–Trinajstić information content (AvgIpc) is 3.12. The van der Waals surface area contributed by atoms with E-state index in [9.17, 15) is 0 Å². The molecule has 0 unspecified atom stereocenters. The standard InChI is InChI=1S/C11H13ClN6/c1-18-8(4-7(17-18)6-2-3-6)16-11-9(13)10(12)14-5-15-11/h4-6H,2-3,13H2,1H3,(H,14,15,16). The Bertz CT molecular complexity index is 589. The number of aromatic nitrogens is 4. The van der Waals surface area contributed by atoms with Crippen LogP contribution in [0.2, 0.25) is 5.15 Å². The average molecular weight is 265 g/mol. The summed E-state index contributed by atoms with van der Waals surface area (Å²) in [5.41, 5.74) is 7.26. The third kappa shape index (κ3) is 1.99. The number of anilines is 3. The van der Waals surface area contributed by atoms with Gasteiger partial charge in [0.15, 0.2) is 11.0 Å². The Morgan fingerprint density at radius 2 is 2.22 bits per heavy atom. The minimum atomic E-state index is 0.247. The highest BCUT2D eigenvalue weighted by molar-refractivity contribution is 6.32. The van der Waals surface area contributed by atoms with Crippen molar-refractivity contribution in [1.29, 1.82) is 0 Å². The van der Waals surface area contributed by atoms with E-state index in [2.05, 4.69) is 20.4 Å². The molecule has 2 aromatic heterocycles. The zero-order chi connectivity index (χ0) is 12.7. The van der Waals surface area contributed by atoms with Crippen molar-refractivity contribution < 1.29 is 0 Å². The molecule has 7 heteroatoms. The van der Waals surface area contributed by atoms with Crippen LogP contribution in [0.25, 0.3) is 0 Å². The van der Waals surface area contributed by atoms with E-state index >= 15 is 0 Å². The monoisotopic (exact) mass is 264 g/mol. The fourth-order valence-corrected chi connectivity index (χ4v) is 1.91. The molecule has 2 aromatic rings. The molecule has 0 amide bonds. The normalized spacial score (nSPS) is 14.8. The van der Waals surface area contributed by atoms with Crippen molar-refractivity contribution in [3.8, 4) is 0 Å². The van der Waals surface area contributed by atoms with Crippen molar-refractivity contribution >= 4 is 28.9 Å². The third-order valence-electron chi connectivity index (χ3n) is 2.98. The van der Waals surface area contributed by atoms with Crippen molar-refractivity contribution in [3.63, 3.8) is 0 Å². The van der Waals surface area contributed by atoms with Crippen LogP contribution in [0.15, 0.2) is 12.4 Å². The highest BCUT2D eigenvalue weighted by Gasteiger charge is 2.27. The van der Waals surface area contributed by atoms with Crippen LogP contribution in [0.4, 0.5) is 17.3 Å². The molecule has 0 atom stereocenters. The lowest BCUT2D eigenvalue weighted by atomic mass is 10.3. The third-order valence-corrected chi connectivity index (χ3v) is 3.28. The fraction of sp³-hybridized carbons (Fsp3) is 0.364. The first-order valence-electron chi connectivity index (χ1n) is 5.72. The molecule has 0 aliphatic heterocycles. The molecule has 0 spiro atoms. The second-order valence-electron chi connectivity index (χ2n) is 4.40. The molecule has 3 rings (SSSR count). The van der Waals surface area contributed by atoms with E-state index in [1.54, 1.807) is 4.68 Å². The van der Waals surface area contributed by atoms with Gasteiger partial charge < -0.3 is 11.1 Å². The van der Waals surface area contributed by atoms with E-state index in [0.717, 1.165) is 11.5 Å². The maximum Gasteiger partial charge on any atom is 0.159 e. The summed E-state index contributed by atoms with van der Waals surface area (Å²) in [6, 6.07) is 2.02. The molecule has 1 saturated carbocycles. The van der Waals surface area contributed by atoms with Crippen molar-refractivity contribution in [2.24, 2.45) is 7.05 Å². The number of hydrogen-bond acceptors (Lipinski definition) is 5. The number of nitrogens with zero attached hydrogens (tertiary/aromatic N) is 4. The number of nitrogens with two attached hydrogens (primary N) is 1. The van der Waals surface area contributed by atoms with Gasteiger partial charge in [0.1, 0.15) is 17.8 Å². The highest BCUT2D eigenvalue weighted by atomic mass is 35.5. The van der Waals surface area contributed by atoms with Gasteiger partial charge in [0.2, 0.25) is 0 Å². The largest absolute Gasteiger partial charge is 0.393 e. The van der Waals surface area contributed by atoms with Crippen LogP contribution >= 0.6 is 11.6 Å². The van der Waals surface area contributed by atoms with Gasteiger partial charge in [0.25, 0.3) is 0 Å². The maximum absolute atomic E-state index is 5.85. The predicted octanol–water partition coefficient (Wildman–Crippen LogP) is 2.07. The van der Waals surface area contributed by atoms with Crippen LogP contribution in [0.5, 0.6) is 0 Å². The Balaban J connectivity index is 1.89. The molecule has 1 aliphatic carbocycles. The van der Waals surface area contributed by atoms with Gasteiger partial charge in [-0.3, -0.25) is 4.68 Å². The summed E-state index contributed by atoms with van der Waals surface area (Å²) in [6.45, 7) is 0. The maximum atomic E-state index is 5.85. The SMILES string of the molecule is Cn1nc(C2CC2)cc1Nc1ncnc(Cl)c1N. The van der Waals surface area contributed by atoms with Gasteiger partial charge in [-0.05, 0) is 12.8 Å². The fourth-order valence-electron chi connectivity index (χ4n) is 1.78. The number of nitrogen functional groups attached to an aromatic ring is 1. The van der Waals surface area contributed by atoms with Crippen LogP contribution in [-0.4, -0.2) is 19.7 Å². The van der Waals surface area contributed by atoms with Crippen LogP contribution in [0, 0.1) is 0 Å². The lowest BCUT2D eigenvalue weighted by molar-refractivity contribution is 0.751. The highest BCUT2D eigenvalue weighted by Crippen LogP contribution is 2.40. The molecule has 94 valence electrons. The number of nitrogens with one attached hydrogen (secondary N) is 1. The van der Waals surface area contributed by atoms with Gasteiger partial charge in [-0.25, -0.2) is 9.97 Å². The number of aryl methyl sites for hydroxylation is 1. The number of hydrogen-bond donors (Lipinski definition) is 2. The van der Waals surface area contributed by atoms with Crippen LogP contribution in [0.1, 0.15) is 24.5 Å². The van der Waals surface area contributed by atoms with Crippen LogP contribution in [-0.2, 0) is 7.05 Å². The summed E-state index contributed by atoms with van der Waals surface area (Å²) in [5, 5.41) is 7.83. The molecule has 1 aliphatic rings. The number of rotatable bonds is 3. The summed E-state index contributed by atoms with van der Waals surface area (Å²) < 4.78 is 1.78. The Labute approximate surface area is 109 Å². The van der Waals surface area contributed by atoms with Gasteiger partial charge in [0, 0.05) is 19.0 Å². The van der Waals surface area contributed by atoms with E-state index in [0.29, 0.717) is 17.4 Å². The first-order valence-corrected chi connectivity index (χ1v) is 6.10. The van der Waals surface area contributed by atoms with Crippen molar-refractivity contribution in [3.05, 3.63) is 23.2 Å². The molecule has 0 radical (unpaired) electrons. The molecule has 18 heavy (non-hydrogen) atoms. The van der Waals surface area contributed by atoms with Gasteiger partial charge >= 0.3 is 0 Å². The molecule has 0 aromatic carbocycles. The Morgan fingerprint density at radius 3 is 2.94 bits per heavy atom. The lowest BCUT2D eigenvalue weighted by Gasteiger charge is -2.07. The van der Waals surface area contributed by atoms with E-state index in [1.165, 1.54) is 19.2 Å². The van der Waals surface area contributed by atoms with Crippen LogP contribution < -0.4 is 11.1 Å². The first-order chi connectivity index (χ1) is 8.65. The van der Waals surface area contributed by atoms with Gasteiger partial charge in [0.05, 0.1) is 5.69 Å². The zero-order valence-corrected chi connectivity index (χ0v) is 10.6. The molecular formula is C11H13ClN6. The van der Waals surface area contributed by atoms with Crippen LogP contribution in [0.3, 0.4) is 0 Å². The van der Waals surface area contributed by atoms with Crippen molar-refractivity contribution in [2.45, 2.75) is 18.8 Å². The van der Waals surface area contributed by atoms with Gasteiger partial charge in [-0.15, -0.1) is 0 Å². The van der Waals surface area contributed by atoms with Gasteiger partial charge in [-0.2, -0.15) is 5.10 Å². The molecule has 0 bridgehead atoms. The Morgan fingerprint density at radius 1 is 1.44 bits per heavy atom. The number of halogens is 1. The molecule has 3 N–H and O–H groups in total. The lowest BCUT2D eigenvalue weighted by Crippen LogP contribution is -2.04. The molecule has 2 heterocycles. The summed E-state index contributed by atoms with van der Waals surface area (Å²) >= 11 is 5.85. The molecule has 0 saturated heterocycles. The van der Waals surface area contributed by atoms with E-state index in [4.69, 9.17) is 17.3 Å². The first kappa shape index (κ1) is 11.3. The second-order valence-corrected chi connectivity index (χ2v) is 4.76. The molecule has 1 fully saturated rings. The van der Waals surface area contributed by atoms with Crippen molar-refractivity contribution in [1.82, 2.24) is 19.7 Å².